The fraction of sp³-hybridized carbons (Fsp3) is 0.583. The highest BCUT2D eigenvalue weighted by Crippen LogP contribution is 2.29. The Morgan fingerprint density at radius 2 is 2.28 bits per heavy atom. The SMILES string of the molecule is COC1(CNC(=O)c2cc(Br)cs2)CCSCC1. The van der Waals surface area contributed by atoms with Crippen molar-refractivity contribution in [3.8, 4) is 0 Å². The number of rotatable bonds is 4. The van der Waals surface area contributed by atoms with Crippen LogP contribution in [0.15, 0.2) is 15.9 Å². The summed E-state index contributed by atoms with van der Waals surface area (Å²) in [7, 11) is 1.74. The number of carbonyl (C=O) groups is 1. The molecule has 3 nitrogen and oxygen atoms in total. The Labute approximate surface area is 124 Å². The normalized spacial score (nSPS) is 18.6. The van der Waals surface area contributed by atoms with E-state index in [0.29, 0.717) is 6.54 Å². The summed E-state index contributed by atoms with van der Waals surface area (Å²) in [5, 5.41) is 4.91. The van der Waals surface area contributed by atoms with E-state index in [1.54, 1.807) is 7.11 Å². The van der Waals surface area contributed by atoms with Gasteiger partial charge >= 0.3 is 0 Å². The van der Waals surface area contributed by atoms with Gasteiger partial charge < -0.3 is 10.1 Å². The zero-order valence-corrected chi connectivity index (χ0v) is 13.4. The molecule has 2 heterocycles. The number of thioether (sulfide) groups is 1. The molecule has 0 unspecified atom stereocenters. The molecule has 0 saturated carbocycles. The molecule has 6 heteroatoms. The van der Waals surface area contributed by atoms with Gasteiger partial charge in [-0.05, 0) is 46.3 Å². The fourth-order valence-electron chi connectivity index (χ4n) is 1.96. The van der Waals surface area contributed by atoms with Gasteiger partial charge in [-0.2, -0.15) is 11.8 Å². The predicted octanol–water partition coefficient (Wildman–Crippen LogP) is 3.15. The molecular weight excluding hydrogens is 334 g/mol. The van der Waals surface area contributed by atoms with Crippen LogP contribution in [0.4, 0.5) is 0 Å². The van der Waals surface area contributed by atoms with Crippen LogP contribution >= 0.6 is 39.0 Å². The summed E-state index contributed by atoms with van der Waals surface area (Å²) in [6, 6.07) is 1.84. The summed E-state index contributed by atoms with van der Waals surface area (Å²) < 4.78 is 6.59. The first kappa shape index (κ1) is 14.4. The van der Waals surface area contributed by atoms with Crippen molar-refractivity contribution in [1.82, 2.24) is 5.32 Å². The minimum absolute atomic E-state index is 0.0136. The lowest BCUT2D eigenvalue weighted by atomic mass is 9.96. The van der Waals surface area contributed by atoms with Gasteiger partial charge in [-0.25, -0.2) is 0 Å². The van der Waals surface area contributed by atoms with Crippen molar-refractivity contribution in [2.75, 3.05) is 25.2 Å². The predicted molar refractivity (Wildman–Crippen MR) is 80.7 cm³/mol. The van der Waals surface area contributed by atoms with Gasteiger partial charge in [0.05, 0.1) is 10.5 Å². The minimum atomic E-state index is -0.171. The fourth-order valence-corrected chi connectivity index (χ4v) is 4.54. The smallest absolute Gasteiger partial charge is 0.261 e. The monoisotopic (exact) mass is 349 g/mol. The molecule has 0 bridgehead atoms. The second-order valence-corrected chi connectivity index (χ2v) is 7.36. The van der Waals surface area contributed by atoms with Gasteiger partial charge in [-0.15, -0.1) is 11.3 Å². The zero-order valence-electron chi connectivity index (χ0n) is 10.2. The van der Waals surface area contributed by atoms with E-state index in [4.69, 9.17) is 4.74 Å². The van der Waals surface area contributed by atoms with E-state index in [0.717, 1.165) is 33.7 Å². The number of amides is 1. The topological polar surface area (TPSA) is 38.3 Å². The van der Waals surface area contributed by atoms with Gasteiger partial charge in [-0.1, -0.05) is 0 Å². The van der Waals surface area contributed by atoms with Crippen molar-refractivity contribution in [3.05, 3.63) is 20.8 Å². The molecule has 2 rings (SSSR count). The summed E-state index contributed by atoms with van der Waals surface area (Å²) in [6.45, 7) is 0.596. The second kappa shape index (κ2) is 6.41. The van der Waals surface area contributed by atoms with Crippen LogP contribution in [0, 0.1) is 0 Å². The number of ether oxygens (including phenoxy) is 1. The van der Waals surface area contributed by atoms with E-state index >= 15 is 0 Å². The molecule has 1 N–H and O–H groups in total. The number of methoxy groups -OCH3 is 1. The van der Waals surface area contributed by atoms with Crippen LogP contribution in [0.5, 0.6) is 0 Å². The molecule has 0 aromatic carbocycles. The third kappa shape index (κ3) is 3.50. The average Bonchev–Trinajstić information content (AvgIpc) is 2.84. The quantitative estimate of drug-likeness (QED) is 0.907. The van der Waals surface area contributed by atoms with E-state index in [2.05, 4.69) is 21.2 Å². The van der Waals surface area contributed by atoms with Crippen molar-refractivity contribution in [2.45, 2.75) is 18.4 Å². The maximum absolute atomic E-state index is 12.0. The van der Waals surface area contributed by atoms with E-state index in [-0.39, 0.29) is 11.5 Å². The summed E-state index contributed by atoms with van der Waals surface area (Å²) >= 11 is 6.75. The Bertz CT molecular complexity index is 416. The lowest BCUT2D eigenvalue weighted by molar-refractivity contribution is -0.0149. The van der Waals surface area contributed by atoms with Gasteiger partial charge in [0.25, 0.3) is 5.91 Å². The maximum Gasteiger partial charge on any atom is 0.261 e. The first-order valence-corrected chi connectivity index (χ1v) is 8.63. The number of thiophene rings is 1. The minimum Gasteiger partial charge on any atom is -0.376 e. The largest absolute Gasteiger partial charge is 0.376 e. The number of nitrogens with one attached hydrogen (secondary N) is 1. The molecule has 1 saturated heterocycles. The Kier molecular flexibility index (Phi) is 5.12. The number of hydrogen-bond donors (Lipinski definition) is 1. The highest BCUT2D eigenvalue weighted by atomic mass is 79.9. The molecule has 100 valence electrons. The Hall–Kier alpha value is -0.0400. The molecule has 1 aromatic rings. The second-order valence-electron chi connectivity index (χ2n) is 4.31. The van der Waals surface area contributed by atoms with Crippen molar-refractivity contribution in [1.29, 1.82) is 0 Å². The van der Waals surface area contributed by atoms with Crippen molar-refractivity contribution < 1.29 is 9.53 Å². The van der Waals surface area contributed by atoms with Gasteiger partial charge in [0.2, 0.25) is 0 Å². The van der Waals surface area contributed by atoms with Crippen molar-refractivity contribution in [2.24, 2.45) is 0 Å². The summed E-state index contributed by atoms with van der Waals surface area (Å²) in [6.07, 6.45) is 2.01. The number of halogens is 1. The van der Waals surface area contributed by atoms with Gasteiger partial charge in [-0.3, -0.25) is 4.79 Å². The van der Waals surface area contributed by atoms with E-state index in [1.165, 1.54) is 11.3 Å². The molecule has 0 spiro atoms. The molecular formula is C12H16BrNO2S2. The standard InChI is InChI=1S/C12H16BrNO2S2/c1-16-12(2-4-17-5-3-12)8-14-11(15)10-6-9(13)7-18-10/h6-7H,2-5,8H2,1H3,(H,14,15). The van der Waals surface area contributed by atoms with Gasteiger partial charge in [0, 0.05) is 23.5 Å². The third-order valence-corrected chi connectivity index (χ3v) is 5.87. The van der Waals surface area contributed by atoms with Crippen LogP contribution < -0.4 is 5.32 Å². The lowest BCUT2D eigenvalue weighted by Gasteiger charge is -2.35. The molecule has 18 heavy (non-hydrogen) atoms. The average molecular weight is 350 g/mol. The molecule has 0 aliphatic carbocycles. The molecule has 1 aliphatic rings. The van der Waals surface area contributed by atoms with E-state index in [1.807, 2.05) is 23.2 Å². The van der Waals surface area contributed by atoms with Crippen molar-refractivity contribution >= 4 is 44.9 Å². The highest BCUT2D eigenvalue weighted by molar-refractivity contribution is 9.10. The first-order chi connectivity index (χ1) is 8.65. The summed E-state index contributed by atoms with van der Waals surface area (Å²) in [4.78, 5) is 12.7. The van der Waals surface area contributed by atoms with Crippen LogP contribution in [0.3, 0.4) is 0 Å². The summed E-state index contributed by atoms with van der Waals surface area (Å²) in [5.41, 5.74) is -0.171. The van der Waals surface area contributed by atoms with E-state index < -0.39 is 0 Å². The zero-order chi connectivity index (χ0) is 13.0. The molecule has 1 amide bonds. The number of hydrogen-bond acceptors (Lipinski definition) is 4. The van der Waals surface area contributed by atoms with Crippen LogP contribution in [-0.4, -0.2) is 36.7 Å². The van der Waals surface area contributed by atoms with Crippen LogP contribution in [0.25, 0.3) is 0 Å². The van der Waals surface area contributed by atoms with Gasteiger partial charge in [0.15, 0.2) is 0 Å². The molecule has 0 radical (unpaired) electrons. The molecule has 1 fully saturated rings. The molecule has 1 aliphatic heterocycles. The summed E-state index contributed by atoms with van der Waals surface area (Å²) in [5.74, 6) is 2.20. The molecule has 0 atom stereocenters. The highest BCUT2D eigenvalue weighted by Gasteiger charge is 2.32. The van der Waals surface area contributed by atoms with E-state index in [9.17, 15) is 4.79 Å². The van der Waals surface area contributed by atoms with Crippen LogP contribution in [0.2, 0.25) is 0 Å². The first-order valence-electron chi connectivity index (χ1n) is 5.80. The Morgan fingerprint density at radius 3 is 2.83 bits per heavy atom. The number of carbonyl (C=O) groups excluding carboxylic acids is 1. The Morgan fingerprint density at radius 1 is 1.56 bits per heavy atom. The molecule has 1 aromatic heterocycles. The maximum atomic E-state index is 12.0. The van der Waals surface area contributed by atoms with Crippen LogP contribution in [-0.2, 0) is 4.74 Å². The lowest BCUT2D eigenvalue weighted by Crippen LogP contribution is -2.46. The van der Waals surface area contributed by atoms with Gasteiger partial charge in [0.1, 0.15) is 0 Å². The van der Waals surface area contributed by atoms with Crippen LogP contribution in [0.1, 0.15) is 22.5 Å². The Balaban J connectivity index is 1.91. The third-order valence-electron chi connectivity index (χ3n) is 3.20. The van der Waals surface area contributed by atoms with Crippen molar-refractivity contribution in [3.63, 3.8) is 0 Å².